The van der Waals surface area contributed by atoms with E-state index in [2.05, 4.69) is 19.8 Å². The first-order valence-corrected chi connectivity index (χ1v) is 14.0. The molecule has 0 saturated carbocycles. The Balaban J connectivity index is 1.43. The number of hydrogen-bond acceptors (Lipinski definition) is 12. The number of rotatable bonds is 10. The van der Waals surface area contributed by atoms with Gasteiger partial charge in [0, 0.05) is 6.20 Å². The quantitative estimate of drug-likeness (QED) is 0.289. The number of nitrogens with one attached hydrogen (secondary N) is 1. The average Bonchev–Trinajstić information content (AvgIpc) is 3.48. The zero-order valence-corrected chi connectivity index (χ0v) is 23.8. The van der Waals surface area contributed by atoms with Crippen molar-refractivity contribution in [3.63, 3.8) is 0 Å². The number of carbonyl (C=O) groups excluding carboxylic acids is 2. The van der Waals surface area contributed by atoms with E-state index in [4.69, 9.17) is 14.0 Å². The van der Waals surface area contributed by atoms with Gasteiger partial charge in [0.05, 0.1) is 13.2 Å². The molecule has 2 N–H and O–H groups in total. The number of hydrogen-bond donors (Lipinski definition) is 2. The molecule has 4 rings (SSSR count). The Hall–Kier alpha value is -3.56. The zero-order chi connectivity index (χ0) is 30.6. The number of halogens is 2. The molecule has 0 radical (unpaired) electrons. The van der Waals surface area contributed by atoms with E-state index in [1.807, 2.05) is 4.90 Å². The van der Waals surface area contributed by atoms with Gasteiger partial charge in [0.15, 0.2) is 17.9 Å². The fraction of sp³-hybridized carbons (Fsp3) is 0.520. The van der Waals surface area contributed by atoms with Crippen molar-refractivity contribution >= 4 is 25.9 Å². The van der Waals surface area contributed by atoms with Crippen LogP contribution in [0.3, 0.4) is 0 Å². The lowest BCUT2D eigenvalue weighted by molar-refractivity contribution is -0.169. The summed E-state index contributed by atoms with van der Waals surface area (Å²) >= 11 is 0. The molecule has 1 unspecified atom stereocenters. The molecule has 3 heterocycles. The van der Waals surface area contributed by atoms with Crippen LogP contribution in [-0.4, -0.2) is 89.0 Å². The highest BCUT2D eigenvalue weighted by Gasteiger charge is 2.60. The van der Waals surface area contributed by atoms with Gasteiger partial charge in [-0.05, 0) is 51.6 Å². The lowest BCUT2D eigenvalue weighted by Gasteiger charge is -2.21. The number of para-hydroxylation sites is 2. The third kappa shape index (κ3) is 6.90. The van der Waals surface area contributed by atoms with Crippen molar-refractivity contribution in [1.82, 2.24) is 14.5 Å². The highest BCUT2D eigenvalue weighted by molar-refractivity contribution is 7.34. The summed E-state index contributed by atoms with van der Waals surface area (Å²) in [4.78, 5) is 54.4. The number of methoxy groups -OCH3 is 1. The second-order valence-electron chi connectivity index (χ2n) is 9.68. The molecule has 17 heteroatoms. The first-order valence-electron chi connectivity index (χ1n) is 12.9. The monoisotopic (exact) mass is 613 g/mol. The fourth-order valence-electron chi connectivity index (χ4n) is 4.50. The van der Waals surface area contributed by atoms with E-state index in [-0.39, 0.29) is 29.3 Å². The molecular weight excluding hydrogens is 583 g/mol. The van der Waals surface area contributed by atoms with Crippen molar-refractivity contribution in [1.29, 1.82) is 0 Å². The molecule has 0 spiro atoms. The van der Waals surface area contributed by atoms with Crippen molar-refractivity contribution < 1.29 is 47.1 Å². The van der Waals surface area contributed by atoms with Gasteiger partial charge in [-0.15, -0.1) is 0 Å². The number of aliphatic hydroxyl groups is 1. The van der Waals surface area contributed by atoms with Crippen LogP contribution in [0.1, 0.15) is 26.0 Å². The zero-order valence-electron chi connectivity index (χ0n) is 22.9. The summed E-state index contributed by atoms with van der Waals surface area (Å²) in [5.41, 5.74) is -1.13. The Kier molecular flexibility index (Phi) is 9.84. The highest BCUT2D eigenvalue weighted by atomic mass is 31.1. The predicted octanol–water partition coefficient (Wildman–Crippen LogP) is 1.04. The number of alkyl halides is 2. The van der Waals surface area contributed by atoms with E-state index < -0.39 is 56.8 Å². The summed E-state index contributed by atoms with van der Waals surface area (Å²) in [6.07, 6.45) is -3.70. The molecule has 1 aromatic carbocycles. The maximum atomic E-state index is 15.1. The number of likely N-dealkylation sites (tertiary alicyclic amines) is 1. The SMILES string of the molecule is COC(=O)[C@H](C)N=[P+]([O-])Oc1ccccc1OC[C@H]1O[C@@H](n2ccc(NC(=O)[C@@H]3CCCN3C)nc2=O)C(F)(F)[C@@H]1O. The molecule has 2 aliphatic rings. The Bertz CT molecular complexity index is 1390. The van der Waals surface area contributed by atoms with E-state index >= 15 is 8.78 Å². The number of aromatic nitrogens is 2. The summed E-state index contributed by atoms with van der Waals surface area (Å²) < 4.78 is 55.0. The smallest absolute Gasteiger partial charge is 0.395 e. The summed E-state index contributed by atoms with van der Waals surface area (Å²) in [6.45, 7) is 1.50. The van der Waals surface area contributed by atoms with Crippen molar-refractivity contribution in [3.8, 4) is 11.5 Å². The van der Waals surface area contributed by atoms with Gasteiger partial charge in [-0.2, -0.15) is 13.8 Å². The molecular formula is C25H30F2N5O9P. The molecule has 2 saturated heterocycles. The third-order valence-corrected chi connectivity index (χ3v) is 7.66. The van der Waals surface area contributed by atoms with Crippen LogP contribution in [0.4, 0.5) is 14.6 Å². The van der Waals surface area contributed by atoms with Crippen LogP contribution in [-0.2, 0) is 19.1 Å². The van der Waals surface area contributed by atoms with Gasteiger partial charge in [0.2, 0.25) is 17.9 Å². The van der Waals surface area contributed by atoms with Gasteiger partial charge in [-0.25, -0.2) is 9.59 Å². The predicted molar refractivity (Wildman–Crippen MR) is 141 cm³/mol. The summed E-state index contributed by atoms with van der Waals surface area (Å²) in [5.74, 6) is -5.21. The van der Waals surface area contributed by atoms with Crippen LogP contribution in [0, 0.1) is 0 Å². The van der Waals surface area contributed by atoms with E-state index in [1.165, 1.54) is 37.3 Å². The Morgan fingerprint density at radius 1 is 1.33 bits per heavy atom. The van der Waals surface area contributed by atoms with Crippen molar-refractivity contribution in [3.05, 3.63) is 47.0 Å². The maximum Gasteiger partial charge on any atom is 0.395 e. The van der Waals surface area contributed by atoms with Crippen LogP contribution in [0.15, 0.2) is 46.1 Å². The van der Waals surface area contributed by atoms with Gasteiger partial charge >= 0.3 is 25.7 Å². The number of carbonyl (C=O) groups is 2. The minimum absolute atomic E-state index is 0.0313. The van der Waals surface area contributed by atoms with Crippen molar-refractivity contribution in [2.45, 2.75) is 56.2 Å². The van der Waals surface area contributed by atoms with Crippen LogP contribution in [0.25, 0.3) is 0 Å². The molecule has 2 aliphatic heterocycles. The fourth-order valence-corrected chi connectivity index (χ4v) is 5.24. The Morgan fingerprint density at radius 3 is 2.69 bits per heavy atom. The topological polar surface area (TPSA) is 177 Å². The van der Waals surface area contributed by atoms with Crippen LogP contribution < -0.4 is 25.2 Å². The Morgan fingerprint density at radius 2 is 2.05 bits per heavy atom. The lowest BCUT2D eigenvalue weighted by Crippen LogP contribution is -2.42. The number of ether oxygens (including phenoxy) is 3. The molecule has 14 nitrogen and oxygen atoms in total. The van der Waals surface area contributed by atoms with E-state index in [0.29, 0.717) is 11.0 Å². The first kappa shape index (κ1) is 31.4. The third-order valence-electron chi connectivity index (χ3n) is 6.77. The number of aliphatic hydroxyl groups excluding tert-OH is 1. The number of esters is 1. The standard InChI is InChI=1S/C25H30F2N5O9P/c1-14(22(35)38-3)30-42(37)41-17-9-5-4-8-16(17)39-13-18-20(33)25(26,27)23(40-18)32-12-10-19(29-24(32)36)28-21(34)15-7-6-11-31(15)2/h4-5,8-10,12,14-15,18,20,23,33H,6-7,11,13H2,1-3H3,(H,28,29,34,36)/t14-,15-,18+,20+,23+/m0/s1. The summed E-state index contributed by atoms with van der Waals surface area (Å²) in [5, 5.41) is 12.9. The molecule has 2 fully saturated rings. The lowest BCUT2D eigenvalue weighted by atomic mass is 10.1. The normalized spacial score (nSPS) is 24.7. The number of benzene rings is 1. The Labute approximate surface area is 239 Å². The van der Waals surface area contributed by atoms with Crippen LogP contribution in [0.2, 0.25) is 0 Å². The van der Waals surface area contributed by atoms with Crippen LogP contribution in [0.5, 0.6) is 11.5 Å². The van der Waals surface area contributed by atoms with Crippen molar-refractivity contribution in [2.75, 3.05) is 32.6 Å². The summed E-state index contributed by atoms with van der Waals surface area (Å²) in [7, 11) is 0.215. The van der Waals surface area contributed by atoms with E-state index in [1.54, 1.807) is 7.05 Å². The average molecular weight is 614 g/mol. The van der Waals surface area contributed by atoms with Crippen molar-refractivity contribution in [2.24, 2.45) is 4.74 Å². The molecule has 42 heavy (non-hydrogen) atoms. The van der Waals surface area contributed by atoms with Gasteiger partial charge in [-0.3, -0.25) is 18.8 Å². The van der Waals surface area contributed by atoms with E-state index in [9.17, 15) is 24.4 Å². The van der Waals surface area contributed by atoms with E-state index in [0.717, 1.165) is 26.3 Å². The second-order valence-corrected chi connectivity index (χ2v) is 10.6. The van der Waals surface area contributed by atoms with Gasteiger partial charge in [0.25, 0.3) is 0 Å². The van der Waals surface area contributed by atoms with Gasteiger partial charge in [-0.1, -0.05) is 16.9 Å². The second kappa shape index (κ2) is 13.2. The largest absolute Gasteiger partial charge is 0.575 e. The minimum Gasteiger partial charge on any atom is -0.575 e. The molecule has 228 valence electrons. The first-order chi connectivity index (χ1) is 19.9. The number of amides is 1. The molecule has 1 aromatic heterocycles. The van der Waals surface area contributed by atoms with Gasteiger partial charge in [0.1, 0.15) is 18.5 Å². The van der Waals surface area contributed by atoms with Gasteiger partial charge < -0.3 is 29.5 Å². The molecule has 2 aromatic rings. The number of anilines is 1. The number of likely N-dealkylation sites (N-methyl/N-ethyl adjacent to an activating group) is 1. The highest BCUT2D eigenvalue weighted by Crippen LogP contribution is 2.43. The number of nitrogens with zero attached hydrogens (tertiary/aromatic N) is 4. The molecule has 6 atom stereocenters. The summed E-state index contributed by atoms with van der Waals surface area (Å²) in [6, 6.07) is 5.56. The minimum atomic E-state index is -3.92. The molecule has 0 bridgehead atoms. The van der Waals surface area contributed by atoms with Crippen LogP contribution >= 0.6 is 8.17 Å². The molecule has 1 amide bonds. The maximum absolute atomic E-state index is 15.1. The molecule has 0 aliphatic carbocycles.